The van der Waals surface area contributed by atoms with Gasteiger partial charge in [0.1, 0.15) is 11.6 Å². The van der Waals surface area contributed by atoms with Crippen molar-refractivity contribution in [2.24, 2.45) is 0 Å². The van der Waals surface area contributed by atoms with Gasteiger partial charge in [-0.3, -0.25) is 0 Å². The van der Waals surface area contributed by atoms with E-state index < -0.39 is 52.3 Å². The number of hydrogen-bond donors (Lipinski definition) is 0. The second kappa shape index (κ2) is 9.08. The number of fused-ring (bicyclic) bond motifs is 3. The Bertz CT molecular complexity index is 1230. The van der Waals surface area contributed by atoms with Crippen LogP contribution in [0.1, 0.15) is 54.4 Å². The first-order valence-corrected chi connectivity index (χ1v) is 10.8. The van der Waals surface area contributed by atoms with Crippen LogP contribution in [-0.2, 0) is 12.8 Å². The zero-order valence-corrected chi connectivity index (χ0v) is 18.0. The Kier molecular flexibility index (Phi) is 6.37. The largest absolute Gasteiger partial charge is 0.239 e. The third-order valence-corrected chi connectivity index (χ3v) is 6.13. The van der Waals surface area contributed by atoms with Crippen LogP contribution in [0.2, 0.25) is 0 Å². The monoisotopic (exact) mass is 460 g/mol. The van der Waals surface area contributed by atoms with E-state index in [0.29, 0.717) is 19.3 Å². The van der Waals surface area contributed by atoms with Gasteiger partial charge in [0.15, 0.2) is 24.0 Å². The van der Waals surface area contributed by atoms with Gasteiger partial charge >= 0.3 is 0 Å². The topological polar surface area (TPSA) is 0 Å². The molecule has 0 spiro atoms. The predicted molar refractivity (Wildman–Crippen MR) is 117 cm³/mol. The van der Waals surface area contributed by atoms with Gasteiger partial charge in [-0.15, -0.1) is 6.58 Å². The second-order valence-corrected chi connectivity index (χ2v) is 8.17. The number of allylic oxidation sites excluding steroid dienone is 1. The van der Waals surface area contributed by atoms with E-state index in [2.05, 4.69) is 6.58 Å². The summed E-state index contributed by atoms with van der Waals surface area (Å²) in [5, 5.41) is 0. The van der Waals surface area contributed by atoms with E-state index in [-0.39, 0.29) is 34.2 Å². The molecule has 33 heavy (non-hydrogen) atoms. The first-order valence-electron chi connectivity index (χ1n) is 10.8. The molecule has 1 aliphatic carbocycles. The summed E-state index contributed by atoms with van der Waals surface area (Å²) >= 11 is 0. The number of aryl methyl sites for hydroxylation is 2. The Balaban J connectivity index is 1.87. The van der Waals surface area contributed by atoms with Crippen molar-refractivity contribution in [1.29, 1.82) is 0 Å². The number of rotatable bonds is 6. The van der Waals surface area contributed by atoms with Crippen molar-refractivity contribution in [3.05, 3.63) is 94.6 Å². The van der Waals surface area contributed by atoms with Crippen molar-refractivity contribution in [2.75, 3.05) is 0 Å². The quantitative estimate of drug-likeness (QED) is 0.255. The molecule has 0 radical (unpaired) electrons. The van der Waals surface area contributed by atoms with Crippen molar-refractivity contribution in [1.82, 2.24) is 0 Å². The molecule has 2 unspecified atom stereocenters. The number of halogens is 6. The van der Waals surface area contributed by atoms with Crippen molar-refractivity contribution in [3.63, 3.8) is 0 Å². The van der Waals surface area contributed by atoms with Crippen LogP contribution in [0.3, 0.4) is 0 Å². The molecule has 0 N–H and O–H groups in total. The van der Waals surface area contributed by atoms with Crippen LogP contribution >= 0.6 is 0 Å². The van der Waals surface area contributed by atoms with Gasteiger partial charge in [-0.25, -0.2) is 26.3 Å². The molecule has 1 aliphatic rings. The summed E-state index contributed by atoms with van der Waals surface area (Å²) in [5.74, 6) is -4.41. The van der Waals surface area contributed by atoms with Crippen LogP contribution in [-0.4, -0.2) is 0 Å². The SMILES string of the molecule is C=CCCc1ccc(-c2ccc3c(c2F)C(F)C(F)c2c-3ccc(CCC)c2F)c(F)c1F. The van der Waals surface area contributed by atoms with Crippen molar-refractivity contribution in [2.45, 2.75) is 45.0 Å². The van der Waals surface area contributed by atoms with E-state index >= 15 is 13.2 Å². The van der Waals surface area contributed by atoms with E-state index in [4.69, 9.17) is 0 Å². The van der Waals surface area contributed by atoms with Crippen LogP contribution in [0.15, 0.2) is 49.1 Å². The van der Waals surface area contributed by atoms with E-state index in [1.165, 1.54) is 36.4 Å². The third kappa shape index (κ3) is 3.75. The molecule has 3 aromatic rings. The molecule has 0 aliphatic heterocycles. The highest BCUT2D eigenvalue weighted by molar-refractivity contribution is 5.79. The maximum Gasteiger partial charge on any atom is 0.167 e. The number of hydrogen-bond acceptors (Lipinski definition) is 0. The van der Waals surface area contributed by atoms with Crippen LogP contribution in [0.25, 0.3) is 22.3 Å². The molecule has 6 heteroatoms. The molecule has 0 saturated heterocycles. The fraction of sp³-hybridized carbons (Fsp3) is 0.259. The molecule has 0 nitrogen and oxygen atoms in total. The standard InChI is InChI=1S/C27H22F6/c1-3-5-7-15-9-11-19(25(31)23(15)29)18-13-12-17-16-10-8-14(6-4-2)22(28)20(16)26(32)27(33)21(17)24(18)30/h3,8-13,26-27H,1,4-7H2,2H3. The lowest BCUT2D eigenvalue weighted by Gasteiger charge is -2.28. The molecule has 2 atom stereocenters. The maximum absolute atomic E-state index is 15.5. The summed E-state index contributed by atoms with van der Waals surface area (Å²) in [5.41, 5.74) is -1.41. The van der Waals surface area contributed by atoms with Crippen LogP contribution in [0.4, 0.5) is 26.3 Å². The Hall–Kier alpha value is -3.02. The summed E-state index contributed by atoms with van der Waals surface area (Å²) in [6, 6.07) is 7.97. The molecule has 0 heterocycles. The lowest BCUT2D eigenvalue weighted by Crippen LogP contribution is -2.16. The lowest BCUT2D eigenvalue weighted by molar-refractivity contribution is 0.160. The molecule has 0 fully saturated rings. The van der Waals surface area contributed by atoms with E-state index in [0.717, 1.165) is 0 Å². The summed E-state index contributed by atoms with van der Waals surface area (Å²) < 4.78 is 89.9. The van der Waals surface area contributed by atoms with Crippen LogP contribution in [0.5, 0.6) is 0 Å². The molecule has 172 valence electrons. The minimum Gasteiger partial charge on any atom is -0.239 e. The molecule has 3 aromatic carbocycles. The van der Waals surface area contributed by atoms with Gasteiger partial charge in [0.05, 0.1) is 0 Å². The minimum atomic E-state index is -2.49. The highest BCUT2D eigenvalue weighted by Crippen LogP contribution is 2.52. The maximum atomic E-state index is 15.5. The van der Waals surface area contributed by atoms with Gasteiger partial charge in [-0.2, -0.15) is 0 Å². The number of alkyl halides is 2. The first kappa shape index (κ1) is 23.1. The van der Waals surface area contributed by atoms with Gasteiger partial charge in [0.25, 0.3) is 0 Å². The highest BCUT2D eigenvalue weighted by Gasteiger charge is 2.39. The molecule has 0 bridgehead atoms. The molecular formula is C27H22F6. The normalized spacial score (nSPS) is 16.9. The minimum absolute atomic E-state index is 0.00178. The van der Waals surface area contributed by atoms with E-state index in [1.54, 1.807) is 6.08 Å². The summed E-state index contributed by atoms with van der Waals surface area (Å²) in [6.45, 7) is 5.38. The highest BCUT2D eigenvalue weighted by atomic mass is 19.2. The van der Waals surface area contributed by atoms with Crippen LogP contribution < -0.4 is 0 Å². The Labute approximate surface area is 188 Å². The molecule has 0 saturated carbocycles. The van der Waals surface area contributed by atoms with Crippen molar-refractivity contribution in [3.8, 4) is 22.3 Å². The van der Waals surface area contributed by atoms with Gasteiger partial charge in [-0.05, 0) is 41.5 Å². The second-order valence-electron chi connectivity index (χ2n) is 8.17. The average molecular weight is 460 g/mol. The van der Waals surface area contributed by atoms with E-state index in [1.807, 2.05) is 6.92 Å². The zero-order valence-electron chi connectivity index (χ0n) is 18.0. The van der Waals surface area contributed by atoms with Gasteiger partial charge in [0.2, 0.25) is 0 Å². The van der Waals surface area contributed by atoms with Gasteiger partial charge < -0.3 is 0 Å². The average Bonchev–Trinajstić information content (AvgIpc) is 2.80. The van der Waals surface area contributed by atoms with Crippen LogP contribution in [0, 0.1) is 23.3 Å². The zero-order chi connectivity index (χ0) is 23.9. The van der Waals surface area contributed by atoms with Gasteiger partial charge in [-0.1, -0.05) is 55.8 Å². The first-order chi connectivity index (χ1) is 15.8. The van der Waals surface area contributed by atoms with E-state index in [9.17, 15) is 13.2 Å². The predicted octanol–water partition coefficient (Wildman–Crippen LogP) is 8.68. The van der Waals surface area contributed by atoms with Crippen molar-refractivity contribution >= 4 is 0 Å². The summed E-state index contributed by atoms with van der Waals surface area (Å²) in [6.07, 6.45) is -1.71. The molecular weight excluding hydrogens is 438 g/mol. The Morgan fingerprint density at radius 1 is 0.667 bits per heavy atom. The fourth-order valence-corrected chi connectivity index (χ4v) is 4.45. The Morgan fingerprint density at radius 3 is 1.76 bits per heavy atom. The molecule has 4 rings (SSSR count). The third-order valence-electron chi connectivity index (χ3n) is 6.13. The lowest BCUT2D eigenvalue weighted by atomic mass is 9.80. The Morgan fingerprint density at radius 2 is 1.15 bits per heavy atom. The number of benzene rings is 3. The van der Waals surface area contributed by atoms with Crippen molar-refractivity contribution < 1.29 is 26.3 Å². The van der Waals surface area contributed by atoms with Gasteiger partial charge in [0, 0.05) is 22.3 Å². The fourth-order valence-electron chi connectivity index (χ4n) is 4.45. The smallest absolute Gasteiger partial charge is 0.167 e. The molecule has 0 amide bonds. The summed E-state index contributed by atoms with van der Waals surface area (Å²) in [7, 11) is 0. The summed E-state index contributed by atoms with van der Waals surface area (Å²) in [4.78, 5) is 0. The molecule has 0 aromatic heterocycles.